The third kappa shape index (κ3) is 6.72. The summed E-state index contributed by atoms with van der Waals surface area (Å²) >= 11 is 0. The molecule has 1 aliphatic rings. The number of halogens is 3. The number of ether oxygens (including phenoxy) is 1. The molecule has 0 aromatic heterocycles. The summed E-state index contributed by atoms with van der Waals surface area (Å²) < 4.78 is 66.1. The van der Waals surface area contributed by atoms with E-state index in [4.69, 9.17) is 4.74 Å². The van der Waals surface area contributed by atoms with Gasteiger partial charge in [-0.05, 0) is 63.0 Å². The molecule has 0 amide bonds. The van der Waals surface area contributed by atoms with E-state index in [9.17, 15) is 21.6 Å². The molecule has 0 saturated carbocycles. The van der Waals surface area contributed by atoms with E-state index in [-0.39, 0.29) is 6.04 Å². The summed E-state index contributed by atoms with van der Waals surface area (Å²) in [5.74, 6) is 0. The lowest BCUT2D eigenvalue weighted by molar-refractivity contribution is -0.0436. The van der Waals surface area contributed by atoms with Gasteiger partial charge in [-0.25, -0.2) is 8.42 Å². The molecule has 1 aromatic rings. The maximum absolute atomic E-state index is 12.6. The summed E-state index contributed by atoms with van der Waals surface area (Å²) in [6, 6.07) is 5.21. The highest BCUT2D eigenvalue weighted by molar-refractivity contribution is 7.92. The number of likely N-dealkylation sites (N-methyl/N-ethyl adjacent to an activating group) is 1. The molecule has 0 bridgehead atoms. The normalized spacial score (nSPS) is 16.8. The van der Waals surface area contributed by atoms with Gasteiger partial charge >= 0.3 is 5.51 Å². The second-order valence-corrected chi connectivity index (χ2v) is 9.17. The molecule has 1 atom stereocenters. The van der Waals surface area contributed by atoms with Gasteiger partial charge in [0.25, 0.3) is 9.84 Å². The van der Waals surface area contributed by atoms with E-state index in [0.29, 0.717) is 13.2 Å². The van der Waals surface area contributed by atoms with E-state index < -0.39 is 20.2 Å². The van der Waals surface area contributed by atoms with Crippen molar-refractivity contribution in [2.75, 3.05) is 32.9 Å². The molecule has 0 aliphatic carbocycles. The molecule has 1 heterocycles. The SMILES string of the molecule is CCN(CCCCN1CC=COC1)C(C)Cc1ccc(S(=O)(=O)C(F)(F)F)cc1. The van der Waals surface area contributed by atoms with Crippen LogP contribution in [0.25, 0.3) is 0 Å². The molecule has 1 aliphatic heterocycles. The van der Waals surface area contributed by atoms with E-state index in [2.05, 4.69) is 23.6 Å². The van der Waals surface area contributed by atoms with E-state index in [0.717, 1.165) is 56.7 Å². The Bertz CT molecular complexity index is 764. The molecule has 0 radical (unpaired) electrons. The van der Waals surface area contributed by atoms with Crippen LogP contribution in [-0.4, -0.2) is 62.7 Å². The second kappa shape index (κ2) is 10.4. The third-order valence-electron chi connectivity index (χ3n) is 5.08. The van der Waals surface area contributed by atoms with Gasteiger partial charge in [0.1, 0.15) is 6.73 Å². The zero-order valence-electron chi connectivity index (χ0n) is 16.9. The maximum atomic E-state index is 12.6. The van der Waals surface area contributed by atoms with Crippen LogP contribution in [0.15, 0.2) is 41.5 Å². The van der Waals surface area contributed by atoms with Crippen molar-refractivity contribution in [3.8, 4) is 0 Å². The minimum Gasteiger partial charge on any atom is -0.486 e. The first kappa shape index (κ1) is 23.7. The number of sulfone groups is 1. The highest BCUT2D eigenvalue weighted by Crippen LogP contribution is 2.30. The summed E-state index contributed by atoms with van der Waals surface area (Å²) in [6.45, 7) is 8.48. The number of rotatable bonds is 10. The molecule has 0 spiro atoms. The van der Waals surface area contributed by atoms with Crippen LogP contribution in [-0.2, 0) is 21.0 Å². The first-order chi connectivity index (χ1) is 13.6. The molecule has 0 N–H and O–H groups in total. The molecule has 2 rings (SSSR count). The van der Waals surface area contributed by atoms with Crippen LogP contribution in [0.5, 0.6) is 0 Å². The summed E-state index contributed by atoms with van der Waals surface area (Å²) in [4.78, 5) is 3.84. The van der Waals surface area contributed by atoms with Gasteiger partial charge in [-0.2, -0.15) is 13.2 Å². The van der Waals surface area contributed by atoms with Gasteiger partial charge in [0.05, 0.1) is 11.2 Å². The second-order valence-electron chi connectivity index (χ2n) is 7.23. The van der Waals surface area contributed by atoms with E-state index >= 15 is 0 Å². The largest absolute Gasteiger partial charge is 0.501 e. The van der Waals surface area contributed by atoms with Crippen LogP contribution in [0.3, 0.4) is 0 Å². The lowest BCUT2D eigenvalue weighted by Gasteiger charge is -2.29. The molecular weight excluding hydrogens is 405 g/mol. The van der Waals surface area contributed by atoms with Crippen LogP contribution >= 0.6 is 0 Å². The Labute approximate surface area is 171 Å². The van der Waals surface area contributed by atoms with Crippen molar-refractivity contribution < 1.29 is 26.3 Å². The molecular formula is C20H29F3N2O3S. The van der Waals surface area contributed by atoms with Crippen LogP contribution in [0.4, 0.5) is 13.2 Å². The number of nitrogens with zero attached hydrogens (tertiary/aromatic N) is 2. The third-order valence-corrected chi connectivity index (χ3v) is 6.58. The molecule has 5 nitrogen and oxygen atoms in total. The summed E-state index contributed by atoms with van der Waals surface area (Å²) in [6.07, 6.45) is 6.47. The topological polar surface area (TPSA) is 49.9 Å². The molecule has 0 saturated heterocycles. The Morgan fingerprint density at radius 2 is 1.90 bits per heavy atom. The van der Waals surface area contributed by atoms with Crippen molar-refractivity contribution in [2.45, 2.75) is 49.6 Å². The molecule has 1 unspecified atom stereocenters. The Hall–Kier alpha value is -1.58. The minimum atomic E-state index is -5.29. The minimum absolute atomic E-state index is 0.200. The number of unbranched alkanes of at least 4 members (excludes halogenated alkanes) is 1. The van der Waals surface area contributed by atoms with E-state index in [1.807, 2.05) is 6.08 Å². The number of hydrogen-bond donors (Lipinski definition) is 0. The average molecular weight is 435 g/mol. The van der Waals surface area contributed by atoms with Gasteiger partial charge in [0.15, 0.2) is 0 Å². The Kier molecular flexibility index (Phi) is 8.54. The van der Waals surface area contributed by atoms with Gasteiger partial charge in [-0.15, -0.1) is 0 Å². The van der Waals surface area contributed by atoms with Crippen molar-refractivity contribution in [1.29, 1.82) is 0 Å². The molecule has 1 aromatic carbocycles. The molecule has 29 heavy (non-hydrogen) atoms. The van der Waals surface area contributed by atoms with E-state index in [1.165, 1.54) is 12.1 Å². The first-order valence-corrected chi connectivity index (χ1v) is 11.3. The maximum Gasteiger partial charge on any atom is 0.501 e. The summed E-state index contributed by atoms with van der Waals surface area (Å²) in [5.41, 5.74) is -4.47. The predicted molar refractivity (Wildman–Crippen MR) is 106 cm³/mol. The average Bonchev–Trinajstić information content (AvgIpc) is 2.68. The molecule has 9 heteroatoms. The predicted octanol–water partition coefficient (Wildman–Crippen LogP) is 3.82. The summed E-state index contributed by atoms with van der Waals surface area (Å²) in [7, 11) is -5.29. The van der Waals surface area contributed by atoms with E-state index in [1.54, 1.807) is 6.26 Å². The fraction of sp³-hybridized carbons (Fsp3) is 0.600. The Morgan fingerprint density at radius 1 is 1.21 bits per heavy atom. The number of hydrogen-bond acceptors (Lipinski definition) is 5. The zero-order valence-corrected chi connectivity index (χ0v) is 17.7. The van der Waals surface area contributed by atoms with Crippen molar-refractivity contribution in [1.82, 2.24) is 9.80 Å². The van der Waals surface area contributed by atoms with Crippen molar-refractivity contribution in [3.63, 3.8) is 0 Å². The zero-order chi connectivity index (χ0) is 21.5. The van der Waals surface area contributed by atoms with Crippen molar-refractivity contribution in [2.24, 2.45) is 0 Å². The van der Waals surface area contributed by atoms with Gasteiger partial charge in [0.2, 0.25) is 0 Å². The van der Waals surface area contributed by atoms with Crippen LogP contribution in [0.1, 0.15) is 32.3 Å². The van der Waals surface area contributed by atoms with Gasteiger partial charge in [0, 0.05) is 19.1 Å². The monoisotopic (exact) mass is 434 g/mol. The Morgan fingerprint density at radius 3 is 2.45 bits per heavy atom. The smallest absolute Gasteiger partial charge is 0.486 e. The molecule has 164 valence electrons. The fourth-order valence-corrected chi connectivity index (χ4v) is 4.13. The van der Waals surface area contributed by atoms with Crippen LogP contribution < -0.4 is 0 Å². The van der Waals surface area contributed by atoms with Gasteiger partial charge in [-0.3, -0.25) is 4.90 Å². The summed E-state index contributed by atoms with van der Waals surface area (Å²) in [5, 5.41) is 0. The highest BCUT2D eigenvalue weighted by atomic mass is 32.2. The van der Waals surface area contributed by atoms with Gasteiger partial charge < -0.3 is 9.64 Å². The quantitative estimate of drug-likeness (QED) is 0.524. The van der Waals surface area contributed by atoms with Crippen molar-refractivity contribution in [3.05, 3.63) is 42.2 Å². The number of alkyl halides is 3. The van der Waals surface area contributed by atoms with Crippen LogP contribution in [0.2, 0.25) is 0 Å². The Balaban J connectivity index is 1.83. The van der Waals surface area contributed by atoms with Crippen molar-refractivity contribution >= 4 is 9.84 Å². The van der Waals surface area contributed by atoms with Crippen LogP contribution in [0, 0.1) is 0 Å². The lowest BCUT2D eigenvalue weighted by Crippen LogP contribution is -2.36. The fourth-order valence-electron chi connectivity index (χ4n) is 3.37. The first-order valence-electron chi connectivity index (χ1n) is 9.78. The molecule has 0 fully saturated rings. The number of benzene rings is 1. The lowest BCUT2D eigenvalue weighted by atomic mass is 10.1. The standard InChI is InChI=1S/C20H29F3N2O3S/c1-3-25(13-5-4-11-24-12-6-14-28-16-24)17(2)15-18-7-9-19(10-8-18)29(26,27)20(21,22)23/h6-10,14,17H,3-5,11-13,15-16H2,1-2H3. The highest BCUT2D eigenvalue weighted by Gasteiger charge is 2.46. The van der Waals surface area contributed by atoms with Gasteiger partial charge in [-0.1, -0.05) is 19.1 Å².